The van der Waals surface area contributed by atoms with Crippen molar-refractivity contribution in [1.82, 2.24) is 19.4 Å². The van der Waals surface area contributed by atoms with Gasteiger partial charge in [-0.15, -0.1) is 0 Å². The van der Waals surface area contributed by atoms with Gasteiger partial charge in [0, 0.05) is 55.4 Å². The minimum absolute atomic E-state index is 0.0456. The van der Waals surface area contributed by atoms with Gasteiger partial charge in [-0.25, -0.2) is 4.79 Å². The first-order chi connectivity index (χ1) is 23.3. The number of fused-ring (bicyclic) bond motifs is 1. The van der Waals surface area contributed by atoms with Crippen LogP contribution in [0.1, 0.15) is 57.9 Å². The average Bonchev–Trinajstić information content (AvgIpc) is 3.04. The quantitative estimate of drug-likeness (QED) is 0.281. The second-order valence-corrected chi connectivity index (χ2v) is 17.1. The van der Waals surface area contributed by atoms with E-state index in [9.17, 15) is 22.8 Å². The van der Waals surface area contributed by atoms with Crippen LogP contribution in [0, 0.1) is 22.2 Å². The molecular formula is C37H41N5O6S. The molecule has 2 aromatic carbocycles. The van der Waals surface area contributed by atoms with Gasteiger partial charge in [-0.2, -0.15) is 8.42 Å². The molecule has 256 valence electrons. The Balaban J connectivity index is 0.971. The third-order valence-electron chi connectivity index (χ3n) is 11.4. The average molecular weight is 684 g/mol. The van der Waals surface area contributed by atoms with Gasteiger partial charge in [0.1, 0.15) is 16.5 Å². The number of pyridine rings is 1. The normalized spacial score (nSPS) is 27.8. The Bertz CT molecular complexity index is 2160. The Labute approximate surface area is 285 Å². The van der Waals surface area contributed by atoms with Gasteiger partial charge < -0.3 is 14.0 Å². The van der Waals surface area contributed by atoms with Crippen LogP contribution in [0.2, 0.25) is 0 Å². The molecule has 4 aromatic rings. The monoisotopic (exact) mass is 683 g/mol. The number of aromatic nitrogens is 3. The molecule has 5 fully saturated rings. The number of amides is 1. The van der Waals surface area contributed by atoms with Crippen LogP contribution >= 0.6 is 0 Å². The van der Waals surface area contributed by atoms with Crippen molar-refractivity contribution in [2.45, 2.75) is 63.8 Å². The zero-order chi connectivity index (χ0) is 34.2. The third-order valence-corrected chi connectivity index (χ3v) is 12.7. The maximum atomic E-state index is 14.2. The minimum atomic E-state index is -4.13. The van der Waals surface area contributed by atoms with E-state index in [0.717, 1.165) is 19.3 Å². The number of aromatic amines is 1. The molecule has 49 heavy (non-hydrogen) atoms. The number of rotatable bonds is 7. The van der Waals surface area contributed by atoms with E-state index in [1.54, 1.807) is 48.7 Å². The van der Waals surface area contributed by atoms with Crippen LogP contribution in [-0.2, 0) is 21.5 Å². The van der Waals surface area contributed by atoms with E-state index in [0.29, 0.717) is 60.2 Å². The predicted octanol–water partition coefficient (Wildman–Crippen LogP) is 4.55. The summed E-state index contributed by atoms with van der Waals surface area (Å²) >= 11 is 0. The van der Waals surface area contributed by atoms with E-state index in [4.69, 9.17) is 4.18 Å². The summed E-state index contributed by atoms with van der Waals surface area (Å²) in [5.74, 6) is 1.54. The Kier molecular flexibility index (Phi) is 7.33. The molecule has 3 heterocycles. The predicted molar refractivity (Wildman–Crippen MR) is 185 cm³/mol. The van der Waals surface area contributed by atoms with Crippen LogP contribution in [0.4, 0.5) is 5.82 Å². The summed E-state index contributed by atoms with van der Waals surface area (Å²) in [5, 5.41) is 1.20. The van der Waals surface area contributed by atoms with Crippen molar-refractivity contribution in [2.24, 2.45) is 22.2 Å². The van der Waals surface area contributed by atoms with E-state index in [1.165, 1.54) is 42.2 Å². The zero-order valence-electron chi connectivity index (χ0n) is 27.9. The SMILES string of the molecule is CC12CC3CC(C)(C1)CC(C(=O)N1CCN(c4cc(=O)[nH]c(=O)n4Cc4ccc(OS(=O)(=O)c5cccc6cnccc56)cc4)CC1)(C3)C2. The number of benzene rings is 2. The lowest BCUT2D eigenvalue weighted by molar-refractivity contribution is -0.179. The van der Waals surface area contributed by atoms with E-state index < -0.39 is 21.4 Å². The molecule has 11 nitrogen and oxygen atoms in total. The summed E-state index contributed by atoms with van der Waals surface area (Å²) in [4.78, 5) is 50.3. The summed E-state index contributed by atoms with van der Waals surface area (Å²) in [7, 11) is -4.13. The summed E-state index contributed by atoms with van der Waals surface area (Å²) in [6.07, 6.45) is 9.79. The summed E-state index contributed by atoms with van der Waals surface area (Å²) < 4.78 is 33.4. The number of carbonyl (C=O) groups excluding carboxylic acids is 1. The molecule has 4 saturated carbocycles. The molecule has 9 rings (SSSR count). The fraction of sp³-hybridized carbons (Fsp3) is 0.459. The van der Waals surface area contributed by atoms with Crippen LogP contribution < -0.4 is 20.3 Å². The molecule has 1 saturated heterocycles. The molecule has 2 aromatic heterocycles. The molecule has 1 N–H and O–H groups in total. The third kappa shape index (κ3) is 5.73. The topological polar surface area (TPSA) is 135 Å². The van der Waals surface area contributed by atoms with Crippen LogP contribution in [0.25, 0.3) is 10.8 Å². The lowest BCUT2D eigenvalue weighted by Gasteiger charge is -2.65. The van der Waals surface area contributed by atoms with Crippen molar-refractivity contribution in [1.29, 1.82) is 0 Å². The van der Waals surface area contributed by atoms with E-state index >= 15 is 0 Å². The highest BCUT2D eigenvalue weighted by molar-refractivity contribution is 7.87. The van der Waals surface area contributed by atoms with Gasteiger partial charge in [0.25, 0.3) is 5.56 Å². The standard InChI is InChI=1S/C37H41N5O6S/c1-35-17-26-18-36(2,22-35)24-37(19-26,23-35)33(44)41-14-12-40(13-15-41)32-16-31(43)39-34(45)42(32)21-25-6-8-28(9-7-25)48-49(46,47)30-5-3-4-27-20-38-11-10-29(27)30/h3-11,16,20,26H,12-15,17-19,21-24H2,1-2H3,(H,39,43,45). The fourth-order valence-corrected chi connectivity index (χ4v) is 11.6. The fourth-order valence-electron chi connectivity index (χ4n) is 10.4. The molecule has 5 aliphatic rings. The lowest BCUT2D eigenvalue weighted by atomic mass is 9.40. The summed E-state index contributed by atoms with van der Waals surface area (Å²) in [5.41, 5.74) is -0.0694. The van der Waals surface area contributed by atoms with Crippen LogP contribution in [0.15, 0.2) is 81.5 Å². The Morgan fingerprint density at radius 1 is 0.939 bits per heavy atom. The molecule has 2 unspecified atom stereocenters. The smallest absolute Gasteiger partial charge is 0.339 e. The summed E-state index contributed by atoms with van der Waals surface area (Å²) in [6.45, 7) is 7.01. The number of nitrogens with one attached hydrogen (secondary N) is 1. The van der Waals surface area contributed by atoms with E-state index in [1.807, 2.05) is 9.80 Å². The van der Waals surface area contributed by atoms with Gasteiger partial charge in [-0.1, -0.05) is 38.1 Å². The Morgan fingerprint density at radius 3 is 2.35 bits per heavy atom. The Morgan fingerprint density at radius 2 is 1.65 bits per heavy atom. The van der Waals surface area contributed by atoms with Gasteiger partial charge in [0.15, 0.2) is 0 Å². The van der Waals surface area contributed by atoms with Crippen molar-refractivity contribution in [3.05, 3.63) is 93.4 Å². The maximum absolute atomic E-state index is 14.2. The summed E-state index contributed by atoms with van der Waals surface area (Å²) in [6, 6.07) is 14.5. The molecule has 1 aliphatic heterocycles. The minimum Gasteiger partial charge on any atom is -0.379 e. The molecule has 0 spiro atoms. The van der Waals surface area contributed by atoms with Crippen LogP contribution in [0.3, 0.4) is 0 Å². The molecule has 12 heteroatoms. The number of piperazine rings is 1. The molecule has 0 radical (unpaired) electrons. The van der Waals surface area contributed by atoms with Gasteiger partial charge in [0.05, 0.1) is 12.0 Å². The van der Waals surface area contributed by atoms with Crippen molar-refractivity contribution in [3.8, 4) is 5.75 Å². The van der Waals surface area contributed by atoms with Crippen molar-refractivity contribution in [3.63, 3.8) is 0 Å². The first kappa shape index (κ1) is 31.8. The van der Waals surface area contributed by atoms with Crippen LogP contribution in [0.5, 0.6) is 5.75 Å². The van der Waals surface area contributed by atoms with Gasteiger partial charge in [-0.05, 0) is 85.1 Å². The zero-order valence-corrected chi connectivity index (χ0v) is 28.7. The highest BCUT2D eigenvalue weighted by atomic mass is 32.2. The molecule has 1 amide bonds. The second-order valence-electron chi connectivity index (χ2n) is 15.6. The number of carbonyl (C=O) groups is 1. The van der Waals surface area contributed by atoms with Crippen molar-refractivity contribution >= 4 is 32.6 Å². The van der Waals surface area contributed by atoms with E-state index in [-0.39, 0.29) is 33.4 Å². The van der Waals surface area contributed by atoms with Crippen molar-refractivity contribution in [2.75, 3.05) is 31.1 Å². The lowest BCUT2D eigenvalue weighted by Crippen LogP contribution is -2.62. The molecule has 4 bridgehead atoms. The van der Waals surface area contributed by atoms with Gasteiger partial charge >= 0.3 is 15.8 Å². The van der Waals surface area contributed by atoms with Gasteiger partial charge in [-0.3, -0.25) is 24.1 Å². The van der Waals surface area contributed by atoms with Crippen LogP contribution in [-0.4, -0.2) is 59.9 Å². The van der Waals surface area contributed by atoms with E-state index in [2.05, 4.69) is 23.8 Å². The first-order valence-corrected chi connectivity index (χ1v) is 18.5. The Hall–Kier alpha value is -4.45. The second kappa shape index (κ2) is 11.3. The molecular weight excluding hydrogens is 643 g/mol. The number of nitrogens with zero attached hydrogens (tertiary/aromatic N) is 4. The number of anilines is 1. The highest BCUT2D eigenvalue weighted by Crippen LogP contribution is 2.69. The maximum Gasteiger partial charge on any atom is 0.339 e. The largest absolute Gasteiger partial charge is 0.379 e. The molecule has 4 aliphatic carbocycles. The molecule has 2 atom stereocenters. The number of hydrogen-bond acceptors (Lipinski definition) is 8. The number of hydrogen-bond donors (Lipinski definition) is 1. The number of H-pyrrole nitrogens is 1. The first-order valence-electron chi connectivity index (χ1n) is 17.1. The van der Waals surface area contributed by atoms with Crippen molar-refractivity contribution < 1.29 is 17.4 Å². The highest BCUT2D eigenvalue weighted by Gasteiger charge is 2.63. The van der Waals surface area contributed by atoms with Gasteiger partial charge in [0.2, 0.25) is 5.91 Å².